The van der Waals surface area contributed by atoms with Crippen molar-refractivity contribution < 1.29 is 19.1 Å². The van der Waals surface area contributed by atoms with Crippen molar-refractivity contribution in [1.82, 2.24) is 4.90 Å². The van der Waals surface area contributed by atoms with Crippen LogP contribution in [0.25, 0.3) is 0 Å². The Morgan fingerprint density at radius 2 is 1.94 bits per heavy atom. The predicted molar refractivity (Wildman–Crippen MR) is 67.1 cm³/mol. The Morgan fingerprint density at radius 3 is 2.39 bits per heavy atom. The number of nitrogens with zero attached hydrogens (tertiary/aromatic N) is 1. The first kappa shape index (κ1) is 14.5. The highest BCUT2D eigenvalue weighted by molar-refractivity contribution is 5.81. The summed E-state index contributed by atoms with van der Waals surface area (Å²) in [6, 6.07) is 0.238. The monoisotopic (exact) mass is 255 g/mol. The third-order valence-corrected chi connectivity index (χ3v) is 2.37. The predicted octanol–water partition coefficient (Wildman–Crippen LogP) is 2.12. The molecule has 0 saturated heterocycles. The molecule has 0 radical (unpaired) electrons. The molecule has 0 aliphatic heterocycles. The second-order valence-electron chi connectivity index (χ2n) is 5.29. The fourth-order valence-electron chi connectivity index (χ4n) is 1.41. The maximum absolute atomic E-state index is 11.9. The molecular formula is C13H21NO4. The van der Waals surface area contributed by atoms with Gasteiger partial charge in [-0.2, -0.15) is 0 Å². The average molecular weight is 255 g/mol. The van der Waals surface area contributed by atoms with E-state index in [9.17, 15) is 9.59 Å². The van der Waals surface area contributed by atoms with Crippen molar-refractivity contribution >= 4 is 12.1 Å². The van der Waals surface area contributed by atoms with Crippen molar-refractivity contribution in [2.75, 3.05) is 13.7 Å². The van der Waals surface area contributed by atoms with Gasteiger partial charge in [-0.05, 0) is 33.6 Å². The molecule has 1 rings (SSSR count). The zero-order valence-electron chi connectivity index (χ0n) is 11.4. The molecular weight excluding hydrogens is 234 g/mol. The van der Waals surface area contributed by atoms with Crippen LogP contribution in [0, 0.1) is 0 Å². The summed E-state index contributed by atoms with van der Waals surface area (Å²) in [6.45, 7) is 5.87. The van der Waals surface area contributed by atoms with E-state index in [0.29, 0.717) is 6.54 Å². The molecule has 0 aromatic carbocycles. The van der Waals surface area contributed by atoms with Gasteiger partial charge in [0.15, 0.2) is 0 Å². The second-order valence-corrected chi connectivity index (χ2v) is 5.29. The number of methoxy groups -OCH3 is 1. The van der Waals surface area contributed by atoms with Gasteiger partial charge in [0.2, 0.25) is 0 Å². The molecule has 18 heavy (non-hydrogen) atoms. The fourth-order valence-corrected chi connectivity index (χ4v) is 1.41. The van der Waals surface area contributed by atoms with E-state index in [-0.39, 0.29) is 12.1 Å². The second kappa shape index (κ2) is 5.89. The lowest BCUT2D eigenvalue weighted by molar-refractivity contribution is -0.134. The van der Waals surface area contributed by atoms with E-state index < -0.39 is 11.6 Å². The Balaban J connectivity index is 2.52. The van der Waals surface area contributed by atoms with Gasteiger partial charge in [0, 0.05) is 18.7 Å². The number of carbonyl (C=O) groups excluding carboxylic acids is 2. The van der Waals surface area contributed by atoms with Crippen LogP contribution >= 0.6 is 0 Å². The van der Waals surface area contributed by atoms with Gasteiger partial charge < -0.3 is 14.4 Å². The number of hydrogen-bond acceptors (Lipinski definition) is 4. The van der Waals surface area contributed by atoms with E-state index in [2.05, 4.69) is 4.74 Å². The summed E-state index contributed by atoms with van der Waals surface area (Å²) in [4.78, 5) is 24.5. The van der Waals surface area contributed by atoms with Gasteiger partial charge in [-0.3, -0.25) is 0 Å². The highest BCUT2D eigenvalue weighted by Crippen LogP contribution is 2.28. The van der Waals surface area contributed by atoms with E-state index >= 15 is 0 Å². The standard InChI is InChI=1S/C13H21NO4/c1-13(2,3)18-12(16)14(10-7-8-10)9-5-6-11(15)17-4/h5-6,10H,7-9H2,1-4H3. The zero-order valence-corrected chi connectivity index (χ0v) is 11.4. The molecule has 1 amide bonds. The van der Waals surface area contributed by atoms with Crippen molar-refractivity contribution in [3.05, 3.63) is 12.2 Å². The van der Waals surface area contributed by atoms with Gasteiger partial charge in [0.1, 0.15) is 5.60 Å². The van der Waals surface area contributed by atoms with Gasteiger partial charge in [0.05, 0.1) is 7.11 Å². The molecule has 0 unspecified atom stereocenters. The maximum Gasteiger partial charge on any atom is 0.410 e. The van der Waals surface area contributed by atoms with Gasteiger partial charge in [-0.15, -0.1) is 0 Å². The highest BCUT2D eigenvalue weighted by atomic mass is 16.6. The highest BCUT2D eigenvalue weighted by Gasteiger charge is 2.34. The molecule has 1 fully saturated rings. The van der Waals surface area contributed by atoms with Crippen LogP contribution < -0.4 is 0 Å². The van der Waals surface area contributed by atoms with Gasteiger partial charge in [0.25, 0.3) is 0 Å². The molecule has 1 aliphatic carbocycles. The number of rotatable bonds is 4. The Bertz CT molecular complexity index is 339. The molecule has 5 nitrogen and oxygen atoms in total. The third-order valence-electron chi connectivity index (χ3n) is 2.37. The SMILES string of the molecule is COC(=O)C=CCN(C(=O)OC(C)(C)C)C1CC1. The van der Waals surface area contributed by atoms with Crippen LogP contribution in [-0.4, -0.2) is 42.3 Å². The minimum Gasteiger partial charge on any atom is -0.466 e. The van der Waals surface area contributed by atoms with Crippen molar-refractivity contribution in [1.29, 1.82) is 0 Å². The summed E-state index contributed by atoms with van der Waals surface area (Å²) in [5.41, 5.74) is -0.504. The van der Waals surface area contributed by atoms with Gasteiger partial charge in [-0.25, -0.2) is 9.59 Å². The smallest absolute Gasteiger partial charge is 0.410 e. The van der Waals surface area contributed by atoms with Crippen molar-refractivity contribution in [3.63, 3.8) is 0 Å². The molecule has 1 saturated carbocycles. The van der Waals surface area contributed by atoms with E-state index in [1.54, 1.807) is 11.0 Å². The Morgan fingerprint density at radius 1 is 1.33 bits per heavy atom. The Labute approximate surface area is 108 Å². The summed E-state index contributed by atoms with van der Waals surface area (Å²) in [6.07, 6.45) is 4.59. The largest absolute Gasteiger partial charge is 0.466 e. The number of esters is 1. The molecule has 0 spiro atoms. The van der Waals surface area contributed by atoms with Crippen LogP contribution in [0.2, 0.25) is 0 Å². The fraction of sp³-hybridized carbons (Fsp3) is 0.692. The lowest BCUT2D eigenvalue weighted by Gasteiger charge is -2.26. The van der Waals surface area contributed by atoms with Crippen molar-refractivity contribution in [3.8, 4) is 0 Å². The van der Waals surface area contributed by atoms with E-state index in [1.165, 1.54) is 13.2 Å². The van der Waals surface area contributed by atoms with Crippen molar-refractivity contribution in [2.45, 2.75) is 45.3 Å². The summed E-state index contributed by atoms with van der Waals surface area (Å²) >= 11 is 0. The lowest BCUT2D eigenvalue weighted by atomic mass is 10.2. The number of carbonyl (C=O) groups is 2. The minimum atomic E-state index is -0.504. The normalized spacial score (nSPS) is 15.6. The first-order valence-electron chi connectivity index (χ1n) is 6.07. The first-order valence-corrected chi connectivity index (χ1v) is 6.07. The average Bonchev–Trinajstić information content (AvgIpc) is 3.05. The minimum absolute atomic E-state index is 0.238. The molecule has 0 aromatic rings. The molecule has 0 N–H and O–H groups in total. The van der Waals surface area contributed by atoms with Crippen LogP contribution in [0.3, 0.4) is 0 Å². The summed E-state index contributed by atoms with van der Waals surface area (Å²) in [5, 5.41) is 0. The third kappa shape index (κ3) is 5.21. The van der Waals surface area contributed by atoms with Crippen LogP contribution in [0.15, 0.2) is 12.2 Å². The zero-order chi connectivity index (χ0) is 13.8. The molecule has 102 valence electrons. The Kier molecular flexibility index (Phi) is 4.76. The van der Waals surface area contributed by atoms with Crippen molar-refractivity contribution in [2.24, 2.45) is 0 Å². The molecule has 0 aromatic heterocycles. The molecule has 5 heteroatoms. The van der Waals surface area contributed by atoms with Gasteiger partial charge >= 0.3 is 12.1 Å². The first-order chi connectivity index (χ1) is 8.33. The quantitative estimate of drug-likeness (QED) is 0.570. The molecule has 0 atom stereocenters. The summed E-state index contributed by atoms with van der Waals surface area (Å²) in [5.74, 6) is -0.421. The van der Waals surface area contributed by atoms with E-state index in [1.807, 2.05) is 20.8 Å². The van der Waals surface area contributed by atoms with E-state index in [0.717, 1.165) is 12.8 Å². The van der Waals surface area contributed by atoms with Crippen LogP contribution in [0.5, 0.6) is 0 Å². The van der Waals surface area contributed by atoms with Crippen LogP contribution in [0.4, 0.5) is 4.79 Å². The van der Waals surface area contributed by atoms with Crippen LogP contribution in [-0.2, 0) is 14.3 Å². The Hall–Kier alpha value is -1.52. The molecule has 0 bridgehead atoms. The molecule has 1 aliphatic rings. The lowest BCUT2D eigenvalue weighted by Crippen LogP contribution is -2.38. The summed E-state index contributed by atoms with van der Waals surface area (Å²) in [7, 11) is 1.32. The number of hydrogen-bond donors (Lipinski definition) is 0. The maximum atomic E-state index is 11.9. The summed E-state index contributed by atoms with van der Waals surface area (Å²) < 4.78 is 9.81. The van der Waals surface area contributed by atoms with Crippen LogP contribution in [0.1, 0.15) is 33.6 Å². The van der Waals surface area contributed by atoms with Gasteiger partial charge in [-0.1, -0.05) is 6.08 Å². The van der Waals surface area contributed by atoms with E-state index in [4.69, 9.17) is 4.74 Å². The number of ether oxygens (including phenoxy) is 2. The number of amides is 1. The molecule has 0 heterocycles. The topological polar surface area (TPSA) is 55.8 Å².